The van der Waals surface area contributed by atoms with Crippen LogP contribution < -0.4 is 11.1 Å². The minimum Gasteiger partial charge on any atom is -0.513 e. The molecule has 0 spiro atoms. The molecule has 0 saturated carbocycles. The van der Waals surface area contributed by atoms with Crippen molar-refractivity contribution in [3.63, 3.8) is 0 Å². The van der Waals surface area contributed by atoms with Crippen molar-refractivity contribution in [2.45, 2.75) is 64.5 Å². The number of aliphatic hydroxyl groups excluding tert-OH is 1. The van der Waals surface area contributed by atoms with E-state index in [2.05, 4.69) is 85.2 Å². The van der Waals surface area contributed by atoms with E-state index in [1.165, 1.54) is 35.1 Å². The molecule has 0 saturated heterocycles. The number of unbranched alkanes of at least 4 members (excludes halogenated alkanes) is 1. The summed E-state index contributed by atoms with van der Waals surface area (Å²) in [6.07, 6.45) is 5.12. The highest BCUT2D eigenvalue weighted by molar-refractivity contribution is 5.72. The highest BCUT2D eigenvalue weighted by atomic mass is 16.3. The SMILES string of the molecule is C=C(O)CC(c1ccc2c(c1)C(N(CCCC)Cc1ccccc1)CC2)c1ccc(NC)c(N)c1C. The highest BCUT2D eigenvalue weighted by Gasteiger charge is 2.29. The zero-order valence-corrected chi connectivity index (χ0v) is 22.1. The van der Waals surface area contributed by atoms with Crippen LogP contribution in [0.3, 0.4) is 0 Å². The Morgan fingerprint density at radius 3 is 2.64 bits per heavy atom. The predicted molar refractivity (Wildman–Crippen MR) is 153 cm³/mol. The van der Waals surface area contributed by atoms with Gasteiger partial charge in [0.05, 0.1) is 17.1 Å². The fourth-order valence-electron chi connectivity index (χ4n) is 5.70. The summed E-state index contributed by atoms with van der Waals surface area (Å²) < 4.78 is 0. The van der Waals surface area contributed by atoms with Crippen LogP contribution in [0.4, 0.5) is 11.4 Å². The number of nitrogen functional groups attached to an aromatic ring is 1. The Labute approximate surface area is 216 Å². The van der Waals surface area contributed by atoms with Gasteiger partial charge in [0.25, 0.3) is 0 Å². The molecule has 0 radical (unpaired) electrons. The second-order valence-electron chi connectivity index (χ2n) is 10.1. The average molecular weight is 484 g/mol. The molecule has 190 valence electrons. The Kier molecular flexibility index (Phi) is 8.37. The Morgan fingerprint density at radius 2 is 1.94 bits per heavy atom. The molecule has 0 heterocycles. The second-order valence-corrected chi connectivity index (χ2v) is 10.1. The number of anilines is 2. The molecule has 1 aliphatic rings. The van der Waals surface area contributed by atoms with Gasteiger partial charge in [-0.2, -0.15) is 0 Å². The highest BCUT2D eigenvalue weighted by Crippen LogP contribution is 2.42. The number of hydrogen-bond donors (Lipinski definition) is 3. The maximum absolute atomic E-state index is 10.3. The number of hydrogen-bond acceptors (Lipinski definition) is 4. The maximum Gasteiger partial charge on any atom is 0.0860 e. The normalized spacial score (nSPS) is 15.6. The van der Waals surface area contributed by atoms with E-state index in [1.54, 1.807) is 0 Å². The summed E-state index contributed by atoms with van der Waals surface area (Å²) in [5, 5.41) is 13.4. The number of allylic oxidation sites excluding steroid dienone is 1. The van der Waals surface area contributed by atoms with Gasteiger partial charge in [0.1, 0.15) is 0 Å². The van der Waals surface area contributed by atoms with Crippen LogP contribution >= 0.6 is 0 Å². The van der Waals surface area contributed by atoms with Gasteiger partial charge in [-0.05, 0) is 72.2 Å². The Morgan fingerprint density at radius 1 is 1.17 bits per heavy atom. The van der Waals surface area contributed by atoms with E-state index in [4.69, 9.17) is 5.73 Å². The predicted octanol–water partition coefficient (Wildman–Crippen LogP) is 7.50. The largest absolute Gasteiger partial charge is 0.513 e. The quantitative estimate of drug-likeness (QED) is 0.195. The first kappa shape index (κ1) is 25.8. The van der Waals surface area contributed by atoms with Gasteiger partial charge in [0, 0.05) is 32.0 Å². The third-order valence-corrected chi connectivity index (χ3v) is 7.73. The topological polar surface area (TPSA) is 61.5 Å². The molecule has 3 aromatic rings. The zero-order chi connectivity index (χ0) is 25.7. The molecule has 3 aromatic carbocycles. The van der Waals surface area contributed by atoms with Crippen molar-refractivity contribution >= 4 is 11.4 Å². The van der Waals surface area contributed by atoms with Gasteiger partial charge >= 0.3 is 0 Å². The van der Waals surface area contributed by atoms with Crippen LogP contribution in [0.5, 0.6) is 0 Å². The number of nitrogens with two attached hydrogens (primary N) is 1. The molecule has 0 amide bonds. The van der Waals surface area contributed by atoms with E-state index in [0.29, 0.717) is 12.5 Å². The van der Waals surface area contributed by atoms with Gasteiger partial charge in [-0.1, -0.05) is 74.5 Å². The van der Waals surface area contributed by atoms with Crippen molar-refractivity contribution in [1.29, 1.82) is 0 Å². The smallest absolute Gasteiger partial charge is 0.0860 e. The molecule has 36 heavy (non-hydrogen) atoms. The standard InChI is InChI=1S/C32H41N3O/c1-5-6-18-35(21-24-10-8-7-9-11-24)31-17-14-25-12-13-26(20-29(25)31)28(19-22(2)36)27-15-16-30(34-4)32(33)23(27)3/h7-13,15-16,20,28,31,34,36H,2,5-6,14,17-19,21,33H2,1,3-4H3. The van der Waals surface area contributed by atoms with E-state index in [1.807, 2.05) is 13.1 Å². The molecule has 0 bridgehead atoms. The van der Waals surface area contributed by atoms with Gasteiger partial charge in [0.15, 0.2) is 0 Å². The first-order chi connectivity index (χ1) is 17.4. The van der Waals surface area contributed by atoms with Crippen molar-refractivity contribution in [2.75, 3.05) is 24.6 Å². The van der Waals surface area contributed by atoms with Gasteiger partial charge in [-0.25, -0.2) is 0 Å². The summed E-state index contributed by atoms with van der Waals surface area (Å²) in [6, 6.07) is 22.3. The Bertz CT molecular complexity index is 1190. The van der Waals surface area contributed by atoms with E-state index in [9.17, 15) is 5.11 Å². The first-order valence-corrected chi connectivity index (χ1v) is 13.3. The lowest BCUT2D eigenvalue weighted by atomic mass is 9.83. The van der Waals surface area contributed by atoms with Crippen molar-refractivity contribution in [3.05, 3.63) is 106 Å². The molecule has 1 aliphatic carbocycles. The van der Waals surface area contributed by atoms with Crippen LogP contribution in [0.1, 0.15) is 77.9 Å². The van der Waals surface area contributed by atoms with Gasteiger partial charge in [-0.15, -0.1) is 0 Å². The van der Waals surface area contributed by atoms with E-state index in [-0.39, 0.29) is 11.7 Å². The average Bonchev–Trinajstić information content (AvgIpc) is 3.30. The second kappa shape index (κ2) is 11.7. The van der Waals surface area contributed by atoms with E-state index < -0.39 is 0 Å². The summed E-state index contributed by atoms with van der Waals surface area (Å²) in [5.74, 6) is 0.196. The van der Waals surface area contributed by atoms with Crippen LogP contribution in [0, 0.1) is 6.92 Å². The van der Waals surface area contributed by atoms with Gasteiger partial charge < -0.3 is 16.2 Å². The fourth-order valence-corrected chi connectivity index (χ4v) is 5.70. The molecule has 2 atom stereocenters. The molecular weight excluding hydrogens is 442 g/mol. The van der Waals surface area contributed by atoms with Crippen molar-refractivity contribution in [1.82, 2.24) is 4.90 Å². The molecule has 2 unspecified atom stereocenters. The third kappa shape index (κ3) is 5.60. The van der Waals surface area contributed by atoms with Crippen molar-refractivity contribution < 1.29 is 5.11 Å². The lowest BCUT2D eigenvalue weighted by Gasteiger charge is -2.30. The van der Waals surface area contributed by atoms with Crippen LogP contribution in [-0.4, -0.2) is 23.6 Å². The molecule has 4 nitrogen and oxygen atoms in total. The summed E-state index contributed by atoms with van der Waals surface area (Å²) in [7, 11) is 1.89. The molecule has 0 fully saturated rings. The maximum atomic E-state index is 10.3. The number of rotatable bonds is 11. The van der Waals surface area contributed by atoms with Gasteiger partial charge in [-0.3, -0.25) is 4.90 Å². The molecule has 0 aromatic heterocycles. The minimum absolute atomic E-state index is 0.000436. The number of aryl methyl sites for hydroxylation is 1. The van der Waals surface area contributed by atoms with E-state index in [0.717, 1.165) is 48.4 Å². The van der Waals surface area contributed by atoms with E-state index >= 15 is 0 Å². The van der Waals surface area contributed by atoms with Crippen molar-refractivity contribution in [2.24, 2.45) is 0 Å². The van der Waals surface area contributed by atoms with Gasteiger partial charge in [0.2, 0.25) is 0 Å². The number of nitrogens with zero attached hydrogens (tertiary/aromatic N) is 1. The van der Waals surface area contributed by atoms with Crippen LogP contribution in [0.25, 0.3) is 0 Å². The molecule has 0 aliphatic heterocycles. The molecule has 4 N–H and O–H groups in total. The number of benzene rings is 3. The zero-order valence-electron chi connectivity index (χ0n) is 22.1. The summed E-state index contributed by atoms with van der Waals surface area (Å²) >= 11 is 0. The first-order valence-electron chi connectivity index (χ1n) is 13.3. The monoisotopic (exact) mass is 483 g/mol. The molecular formula is C32H41N3O. The fraction of sp³-hybridized carbons (Fsp3) is 0.375. The van der Waals surface area contributed by atoms with Crippen LogP contribution in [0.15, 0.2) is 73.0 Å². The molecule has 4 rings (SSSR count). The van der Waals surface area contributed by atoms with Crippen molar-refractivity contribution in [3.8, 4) is 0 Å². The Balaban J connectivity index is 1.71. The number of aliphatic hydroxyl groups is 1. The number of nitrogens with one attached hydrogen (secondary N) is 1. The summed E-state index contributed by atoms with van der Waals surface area (Å²) in [6.45, 7) is 10.2. The number of fused-ring (bicyclic) bond motifs is 1. The third-order valence-electron chi connectivity index (χ3n) is 7.73. The Hall–Kier alpha value is -3.24. The minimum atomic E-state index is 0.000436. The van der Waals surface area contributed by atoms with Crippen LogP contribution in [-0.2, 0) is 13.0 Å². The lowest BCUT2D eigenvalue weighted by molar-refractivity contribution is 0.184. The lowest BCUT2D eigenvalue weighted by Crippen LogP contribution is -2.28. The molecule has 4 heteroatoms. The van der Waals surface area contributed by atoms with Crippen LogP contribution in [0.2, 0.25) is 0 Å². The summed E-state index contributed by atoms with van der Waals surface area (Å²) in [4.78, 5) is 2.67. The summed E-state index contributed by atoms with van der Waals surface area (Å²) in [5.41, 5.74) is 15.8.